The van der Waals surface area contributed by atoms with Crippen LogP contribution in [0.25, 0.3) is 0 Å². The summed E-state index contributed by atoms with van der Waals surface area (Å²) in [6.07, 6.45) is -3.15. The predicted molar refractivity (Wildman–Crippen MR) is 45.0 cm³/mol. The Kier molecular flexibility index (Phi) is 2.75. The lowest BCUT2D eigenvalue weighted by Gasteiger charge is -2.03. The maximum absolute atomic E-state index is 12.4. The summed E-state index contributed by atoms with van der Waals surface area (Å²) in [6.45, 7) is 0. The first-order valence-electron chi connectivity index (χ1n) is 3.60. The molecule has 8 heteroatoms. The third-order valence-electron chi connectivity index (χ3n) is 1.57. The van der Waals surface area contributed by atoms with Crippen molar-refractivity contribution in [1.29, 1.82) is 5.26 Å². The standard InChI is InChI=1S/C7H4F2N4O2/c8-6(9)5-3(2-10)1-4(11)12-7(5)13(14)15/h1,6H,(H2,11,12). The Hall–Kier alpha value is -2.30. The quantitative estimate of drug-likeness (QED) is 0.591. The van der Waals surface area contributed by atoms with Gasteiger partial charge in [0.05, 0.1) is 5.56 Å². The van der Waals surface area contributed by atoms with Gasteiger partial charge in [-0.25, -0.2) is 8.78 Å². The number of halogens is 2. The molecule has 0 fully saturated rings. The van der Waals surface area contributed by atoms with Crippen LogP contribution in [-0.2, 0) is 0 Å². The van der Waals surface area contributed by atoms with Gasteiger partial charge in [-0.15, -0.1) is 0 Å². The van der Waals surface area contributed by atoms with E-state index >= 15 is 0 Å². The third-order valence-corrected chi connectivity index (χ3v) is 1.57. The summed E-state index contributed by atoms with van der Waals surface area (Å²) in [5.74, 6) is -1.43. The van der Waals surface area contributed by atoms with Crippen LogP contribution >= 0.6 is 0 Å². The summed E-state index contributed by atoms with van der Waals surface area (Å²) in [5, 5.41) is 18.9. The number of nitro groups is 1. The molecule has 0 aliphatic heterocycles. The largest absolute Gasteiger partial charge is 0.376 e. The van der Waals surface area contributed by atoms with E-state index in [0.717, 1.165) is 6.07 Å². The molecule has 0 unspecified atom stereocenters. The molecule has 2 N–H and O–H groups in total. The van der Waals surface area contributed by atoms with E-state index in [0.29, 0.717) is 0 Å². The van der Waals surface area contributed by atoms with Gasteiger partial charge in [-0.05, 0) is 9.91 Å². The molecule has 0 radical (unpaired) electrons. The summed E-state index contributed by atoms with van der Waals surface area (Å²) in [4.78, 5) is 12.4. The van der Waals surface area contributed by atoms with E-state index in [1.807, 2.05) is 0 Å². The van der Waals surface area contributed by atoms with Crippen molar-refractivity contribution in [3.05, 3.63) is 27.3 Å². The number of nitriles is 1. The van der Waals surface area contributed by atoms with Gasteiger partial charge in [-0.1, -0.05) is 0 Å². The normalized spacial score (nSPS) is 10.0. The van der Waals surface area contributed by atoms with Crippen molar-refractivity contribution >= 4 is 11.6 Å². The molecular formula is C7H4F2N4O2. The Balaban J connectivity index is 3.56. The summed E-state index contributed by atoms with van der Waals surface area (Å²) in [5.41, 5.74) is 3.59. The monoisotopic (exact) mass is 214 g/mol. The molecule has 0 spiro atoms. The minimum Gasteiger partial charge on any atom is -0.363 e. The highest BCUT2D eigenvalue weighted by molar-refractivity contribution is 5.53. The second-order valence-electron chi connectivity index (χ2n) is 2.50. The van der Waals surface area contributed by atoms with Crippen LogP contribution in [0, 0.1) is 21.4 Å². The lowest BCUT2D eigenvalue weighted by atomic mass is 10.1. The van der Waals surface area contributed by atoms with Crippen LogP contribution in [0.5, 0.6) is 0 Å². The topological polar surface area (TPSA) is 106 Å². The molecule has 0 aliphatic rings. The minimum absolute atomic E-state index is 0.345. The fraction of sp³-hybridized carbons (Fsp3) is 0.143. The van der Waals surface area contributed by atoms with E-state index in [2.05, 4.69) is 4.98 Å². The van der Waals surface area contributed by atoms with Gasteiger partial charge in [0.1, 0.15) is 11.6 Å². The van der Waals surface area contributed by atoms with Crippen LogP contribution in [0.1, 0.15) is 17.6 Å². The Bertz CT molecular complexity index is 455. The van der Waals surface area contributed by atoms with Gasteiger partial charge in [0, 0.05) is 6.07 Å². The molecule has 0 aromatic carbocycles. The second-order valence-corrected chi connectivity index (χ2v) is 2.50. The second kappa shape index (κ2) is 3.83. The average Bonchev–Trinajstić information content (AvgIpc) is 2.15. The SMILES string of the molecule is N#Cc1cc(N)nc([N+](=O)[O-])c1C(F)F. The molecule has 0 bridgehead atoms. The van der Waals surface area contributed by atoms with Crippen molar-refractivity contribution in [2.45, 2.75) is 6.43 Å². The van der Waals surface area contributed by atoms with E-state index in [-0.39, 0.29) is 5.82 Å². The first kappa shape index (κ1) is 10.8. The van der Waals surface area contributed by atoms with E-state index in [1.165, 1.54) is 6.07 Å². The molecular weight excluding hydrogens is 210 g/mol. The molecule has 1 rings (SSSR count). The summed E-state index contributed by atoms with van der Waals surface area (Å²) >= 11 is 0. The van der Waals surface area contributed by atoms with Crippen molar-refractivity contribution in [3.63, 3.8) is 0 Å². The van der Waals surface area contributed by atoms with E-state index in [4.69, 9.17) is 11.0 Å². The molecule has 78 valence electrons. The first-order valence-corrected chi connectivity index (χ1v) is 3.60. The molecule has 6 nitrogen and oxygen atoms in total. The molecule has 0 atom stereocenters. The van der Waals surface area contributed by atoms with Crippen LogP contribution < -0.4 is 5.73 Å². The Morgan fingerprint density at radius 3 is 2.67 bits per heavy atom. The number of nitrogens with zero attached hydrogens (tertiary/aromatic N) is 3. The van der Waals surface area contributed by atoms with Gasteiger partial charge >= 0.3 is 5.82 Å². The number of alkyl halides is 2. The highest BCUT2D eigenvalue weighted by Crippen LogP contribution is 2.31. The van der Waals surface area contributed by atoms with Gasteiger partial charge in [0.2, 0.25) is 5.82 Å². The zero-order valence-electron chi connectivity index (χ0n) is 7.15. The highest BCUT2D eigenvalue weighted by Gasteiger charge is 2.28. The number of pyridine rings is 1. The average molecular weight is 214 g/mol. The van der Waals surface area contributed by atoms with E-state index in [9.17, 15) is 18.9 Å². The molecule has 1 aromatic heterocycles. The van der Waals surface area contributed by atoms with Crippen molar-refractivity contribution < 1.29 is 13.7 Å². The van der Waals surface area contributed by atoms with E-state index < -0.39 is 28.3 Å². The van der Waals surface area contributed by atoms with Crippen molar-refractivity contribution in [2.75, 3.05) is 5.73 Å². The number of aromatic nitrogens is 1. The van der Waals surface area contributed by atoms with Crippen LogP contribution in [0.2, 0.25) is 0 Å². The maximum Gasteiger partial charge on any atom is 0.376 e. The fourth-order valence-electron chi connectivity index (χ4n) is 1.01. The summed E-state index contributed by atoms with van der Waals surface area (Å²) in [6, 6.07) is 2.28. The van der Waals surface area contributed by atoms with E-state index in [1.54, 1.807) is 0 Å². The lowest BCUT2D eigenvalue weighted by molar-refractivity contribution is -0.390. The molecule has 15 heavy (non-hydrogen) atoms. The van der Waals surface area contributed by atoms with Gasteiger partial charge in [-0.2, -0.15) is 5.26 Å². The highest BCUT2D eigenvalue weighted by atomic mass is 19.3. The number of anilines is 1. The minimum atomic E-state index is -3.15. The molecule has 1 heterocycles. The smallest absolute Gasteiger partial charge is 0.363 e. The first-order chi connectivity index (χ1) is 6.97. The van der Waals surface area contributed by atoms with Crippen molar-refractivity contribution in [3.8, 4) is 6.07 Å². The zero-order valence-corrected chi connectivity index (χ0v) is 7.15. The molecule has 0 saturated heterocycles. The van der Waals surface area contributed by atoms with Gasteiger partial charge in [0.25, 0.3) is 6.43 Å². The number of nitrogens with two attached hydrogens (primary N) is 1. The van der Waals surface area contributed by atoms with Crippen LogP contribution in [0.15, 0.2) is 6.07 Å². The number of hydrogen-bond acceptors (Lipinski definition) is 5. The maximum atomic E-state index is 12.4. The van der Waals surface area contributed by atoms with Crippen molar-refractivity contribution in [1.82, 2.24) is 4.98 Å². The van der Waals surface area contributed by atoms with Gasteiger partial charge in [-0.3, -0.25) is 0 Å². The fourth-order valence-corrected chi connectivity index (χ4v) is 1.01. The molecule has 0 aliphatic carbocycles. The molecule has 1 aromatic rings. The molecule has 0 saturated carbocycles. The zero-order chi connectivity index (χ0) is 11.6. The summed E-state index contributed by atoms with van der Waals surface area (Å²) < 4.78 is 24.9. The van der Waals surface area contributed by atoms with Gasteiger partial charge < -0.3 is 15.8 Å². The van der Waals surface area contributed by atoms with Crippen LogP contribution in [0.3, 0.4) is 0 Å². The number of hydrogen-bond donors (Lipinski definition) is 1. The van der Waals surface area contributed by atoms with Gasteiger partial charge in [0.15, 0.2) is 0 Å². The Morgan fingerprint density at radius 1 is 1.67 bits per heavy atom. The Morgan fingerprint density at radius 2 is 2.27 bits per heavy atom. The number of rotatable bonds is 2. The van der Waals surface area contributed by atoms with Crippen LogP contribution in [-0.4, -0.2) is 9.91 Å². The number of nitrogen functional groups attached to an aromatic ring is 1. The Labute approximate surface area is 82.1 Å². The van der Waals surface area contributed by atoms with Crippen LogP contribution in [0.4, 0.5) is 20.4 Å². The third kappa shape index (κ3) is 1.96. The summed E-state index contributed by atoms with van der Waals surface area (Å²) in [7, 11) is 0. The lowest BCUT2D eigenvalue weighted by Crippen LogP contribution is -2.04. The van der Waals surface area contributed by atoms with Crippen molar-refractivity contribution in [2.24, 2.45) is 0 Å². The molecule has 0 amide bonds. The predicted octanol–water partition coefficient (Wildman–Crippen LogP) is 1.38.